The van der Waals surface area contributed by atoms with Gasteiger partial charge in [0.25, 0.3) is 0 Å². The molecular formula is C23H25N3O. The number of piperazine rings is 1. The van der Waals surface area contributed by atoms with E-state index in [-0.39, 0.29) is 0 Å². The molecular weight excluding hydrogens is 334 g/mol. The van der Waals surface area contributed by atoms with E-state index in [1.807, 2.05) is 30.3 Å². The fourth-order valence-electron chi connectivity index (χ4n) is 3.71. The number of rotatable bonds is 5. The minimum Gasteiger partial charge on any atom is -0.384 e. The molecule has 1 atom stereocenters. The van der Waals surface area contributed by atoms with Gasteiger partial charge in [-0.25, -0.2) is 0 Å². The van der Waals surface area contributed by atoms with Gasteiger partial charge in [-0.3, -0.25) is 9.88 Å². The molecule has 0 saturated carbocycles. The largest absolute Gasteiger partial charge is 0.384 e. The summed E-state index contributed by atoms with van der Waals surface area (Å²) in [4.78, 5) is 9.02. The molecule has 2 heterocycles. The second-order valence-electron chi connectivity index (χ2n) is 7.00. The van der Waals surface area contributed by atoms with E-state index in [9.17, 15) is 5.11 Å². The van der Waals surface area contributed by atoms with Crippen molar-refractivity contribution in [3.63, 3.8) is 0 Å². The average molecular weight is 359 g/mol. The lowest BCUT2D eigenvalue weighted by Crippen LogP contribution is -2.46. The number of pyridine rings is 1. The van der Waals surface area contributed by atoms with E-state index in [4.69, 9.17) is 0 Å². The van der Waals surface area contributed by atoms with Crippen LogP contribution in [0.2, 0.25) is 0 Å². The quantitative estimate of drug-likeness (QED) is 0.757. The maximum absolute atomic E-state index is 10.9. The molecule has 0 aliphatic carbocycles. The second-order valence-corrected chi connectivity index (χ2v) is 7.00. The summed E-state index contributed by atoms with van der Waals surface area (Å²) in [6.45, 7) is 4.96. The number of benzene rings is 2. The summed E-state index contributed by atoms with van der Waals surface area (Å²) in [5.41, 5.74) is 4.25. The van der Waals surface area contributed by atoms with E-state index in [1.165, 1.54) is 5.56 Å². The molecule has 1 aliphatic rings. The highest BCUT2D eigenvalue weighted by Gasteiger charge is 2.22. The standard InChI is InChI=1S/C23H25N3O/c27-23(20-9-6-12-24-17-20)21-10-4-5-11-22(21)26-15-13-25(14-16-26)18-19-7-2-1-3-8-19/h1-12,17,23,27H,13-16,18H2/t23-/m1/s1. The first-order chi connectivity index (χ1) is 13.3. The fraction of sp³-hybridized carbons (Fsp3) is 0.261. The van der Waals surface area contributed by atoms with Crippen LogP contribution in [0.3, 0.4) is 0 Å². The lowest BCUT2D eigenvalue weighted by molar-refractivity contribution is 0.218. The van der Waals surface area contributed by atoms with Gasteiger partial charge in [0.15, 0.2) is 0 Å². The summed E-state index contributed by atoms with van der Waals surface area (Å²) in [5, 5.41) is 10.9. The van der Waals surface area contributed by atoms with Gasteiger partial charge in [-0.15, -0.1) is 0 Å². The molecule has 1 aromatic heterocycles. The third-order valence-electron chi connectivity index (χ3n) is 5.19. The fourth-order valence-corrected chi connectivity index (χ4v) is 3.71. The van der Waals surface area contributed by atoms with Crippen molar-refractivity contribution in [2.45, 2.75) is 12.6 Å². The van der Waals surface area contributed by atoms with Crippen LogP contribution in [0.15, 0.2) is 79.1 Å². The third kappa shape index (κ3) is 4.18. The zero-order chi connectivity index (χ0) is 18.5. The van der Waals surface area contributed by atoms with Crippen molar-refractivity contribution < 1.29 is 5.11 Å². The summed E-state index contributed by atoms with van der Waals surface area (Å²) in [5.74, 6) is 0. The summed E-state index contributed by atoms with van der Waals surface area (Å²) >= 11 is 0. The molecule has 4 rings (SSSR count). The van der Waals surface area contributed by atoms with Crippen LogP contribution in [-0.4, -0.2) is 41.2 Å². The number of nitrogens with zero attached hydrogens (tertiary/aromatic N) is 3. The van der Waals surface area contributed by atoms with E-state index in [0.717, 1.165) is 49.5 Å². The van der Waals surface area contributed by atoms with Crippen LogP contribution in [0, 0.1) is 0 Å². The highest BCUT2D eigenvalue weighted by atomic mass is 16.3. The van der Waals surface area contributed by atoms with Crippen LogP contribution >= 0.6 is 0 Å². The SMILES string of the molecule is O[C@H](c1cccnc1)c1ccccc1N1CCN(Cc2ccccc2)CC1. The van der Waals surface area contributed by atoms with Gasteiger partial charge >= 0.3 is 0 Å². The molecule has 0 amide bonds. The first kappa shape index (κ1) is 17.7. The second kappa shape index (κ2) is 8.33. The first-order valence-electron chi connectivity index (χ1n) is 9.49. The normalized spacial score (nSPS) is 16.3. The maximum atomic E-state index is 10.9. The van der Waals surface area contributed by atoms with Crippen LogP contribution in [-0.2, 0) is 6.54 Å². The van der Waals surface area contributed by atoms with Gasteiger partial charge in [-0.2, -0.15) is 0 Å². The molecule has 0 spiro atoms. The molecule has 0 radical (unpaired) electrons. The van der Waals surface area contributed by atoms with E-state index >= 15 is 0 Å². The van der Waals surface area contributed by atoms with Crippen LogP contribution in [0.4, 0.5) is 5.69 Å². The first-order valence-corrected chi connectivity index (χ1v) is 9.49. The number of hydrogen-bond acceptors (Lipinski definition) is 4. The summed E-state index contributed by atoms with van der Waals surface area (Å²) in [6.07, 6.45) is 2.81. The number of para-hydroxylation sites is 1. The zero-order valence-corrected chi connectivity index (χ0v) is 15.4. The third-order valence-corrected chi connectivity index (χ3v) is 5.19. The predicted molar refractivity (Wildman–Crippen MR) is 109 cm³/mol. The van der Waals surface area contributed by atoms with Crippen molar-refractivity contribution in [3.8, 4) is 0 Å². The molecule has 1 saturated heterocycles. The van der Waals surface area contributed by atoms with Crippen molar-refractivity contribution >= 4 is 5.69 Å². The topological polar surface area (TPSA) is 39.6 Å². The maximum Gasteiger partial charge on any atom is 0.108 e. The molecule has 27 heavy (non-hydrogen) atoms. The van der Waals surface area contributed by atoms with Gasteiger partial charge in [0, 0.05) is 61.9 Å². The number of aliphatic hydroxyl groups is 1. The molecule has 3 aromatic rings. The molecule has 2 aromatic carbocycles. The highest BCUT2D eigenvalue weighted by Crippen LogP contribution is 2.31. The number of aromatic nitrogens is 1. The van der Waals surface area contributed by atoms with Gasteiger partial charge in [0.1, 0.15) is 6.10 Å². The van der Waals surface area contributed by atoms with E-state index < -0.39 is 6.10 Å². The summed E-state index contributed by atoms with van der Waals surface area (Å²) in [6, 6.07) is 22.6. The number of aliphatic hydroxyl groups excluding tert-OH is 1. The van der Waals surface area contributed by atoms with Crippen LogP contribution < -0.4 is 4.90 Å². The van der Waals surface area contributed by atoms with Crippen LogP contribution in [0.5, 0.6) is 0 Å². The molecule has 4 nitrogen and oxygen atoms in total. The Morgan fingerprint density at radius 1 is 0.852 bits per heavy atom. The molecule has 1 fully saturated rings. The van der Waals surface area contributed by atoms with E-state index in [2.05, 4.69) is 51.2 Å². The molecule has 1 N–H and O–H groups in total. The molecule has 0 bridgehead atoms. The Labute approximate surface area is 160 Å². The molecule has 4 heteroatoms. The van der Waals surface area contributed by atoms with Crippen molar-refractivity contribution in [3.05, 3.63) is 95.8 Å². The summed E-state index contributed by atoms with van der Waals surface area (Å²) in [7, 11) is 0. The Hall–Kier alpha value is -2.69. The Kier molecular flexibility index (Phi) is 5.47. The Bertz CT molecular complexity index is 846. The van der Waals surface area contributed by atoms with Gasteiger partial charge in [-0.05, 0) is 17.7 Å². The molecule has 0 unspecified atom stereocenters. The van der Waals surface area contributed by atoms with Crippen molar-refractivity contribution in [1.29, 1.82) is 0 Å². The lowest BCUT2D eigenvalue weighted by atomic mass is 10.00. The van der Waals surface area contributed by atoms with Crippen LogP contribution in [0.25, 0.3) is 0 Å². The van der Waals surface area contributed by atoms with Gasteiger partial charge < -0.3 is 10.0 Å². The summed E-state index contributed by atoms with van der Waals surface area (Å²) < 4.78 is 0. The lowest BCUT2D eigenvalue weighted by Gasteiger charge is -2.37. The number of hydrogen-bond donors (Lipinski definition) is 1. The smallest absolute Gasteiger partial charge is 0.108 e. The molecule has 1 aliphatic heterocycles. The van der Waals surface area contributed by atoms with Gasteiger partial charge in [-0.1, -0.05) is 54.6 Å². The van der Waals surface area contributed by atoms with Gasteiger partial charge in [0.2, 0.25) is 0 Å². The Balaban J connectivity index is 1.46. The minimum atomic E-state index is -0.655. The Morgan fingerprint density at radius 3 is 2.33 bits per heavy atom. The molecule has 138 valence electrons. The Morgan fingerprint density at radius 2 is 1.59 bits per heavy atom. The van der Waals surface area contributed by atoms with Crippen molar-refractivity contribution in [2.75, 3.05) is 31.1 Å². The van der Waals surface area contributed by atoms with Crippen molar-refractivity contribution in [1.82, 2.24) is 9.88 Å². The van der Waals surface area contributed by atoms with Crippen LogP contribution in [0.1, 0.15) is 22.8 Å². The highest BCUT2D eigenvalue weighted by molar-refractivity contribution is 5.56. The zero-order valence-electron chi connectivity index (χ0n) is 15.4. The predicted octanol–water partition coefficient (Wildman–Crippen LogP) is 3.49. The van der Waals surface area contributed by atoms with E-state index in [1.54, 1.807) is 12.4 Å². The number of anilines is 1. The van der Waals surface area contributed by atoms with E-state index in [0.29, 0.717) is 0 Å². The minimum absolute atomic E-state index is 0.655. The van der Waals surface area contributed by atoms with Gasteiger partial charge in [0.05, 0.1) is 0 Å². The monoisotopic (exact) mass is 359 g/mol. The van der Waals surface area contributed by atoms with Crippen molar-refractivity contribution in [2.24, 2.45) is 0 Å². The average Bonchev–Trinajstić information content (AvgIpc) is 2.75.